The number of para-hydroxylation sites is 1. The van der Waals surface area contributed by atoms with Crippen LogP contribution in [0.3, 0.4) is 0 Å². The summed E-state index contributed by atoms with van der Waals surface area (Å²) >= 11 is 0. The van der Waals surface area contributed by atoms with Gasteiger partial charge in [-0.3, -0.25) is 0 Å². The number of rotatable bonds is 4. The fourth-order valence-electron chi connectivity index (χ4n) is 2.17. The maximum Gasteiger partial charge on any atom is 0.165 e. The van der Waals surface area contributed by atoms with Crippen LogP contribution >= 0.6 is 0 Å². The molecule has 0 bridgehead atoms. The number of benzene rings is 1. The van der Waals surface area contributed by atoms with Crippen molar-refractivity contribution in [3.8, 4) is 11.5 Å². The first kappa shape index (κ1) is 12.1. The van der Waals surface area contributed by atoms with Crippen LogP contribution in [-0.2, 0) is 13.1 Å². The molecule has 1 aliphatic rings. The molecule has 0 saturated carbocycles. The molecule has 1 aliphatic heterocycles. The van der Waals surface area contributed by atoms with Gasteiger partial charge in [-0.25, -0.2) is 0 Å². The van der Waals surface area contributed by atoms with Crippen molar-refractivity contribution in [1.82, 2.24) is 5.32 Å². The summed E-state index contributed by atoms with van der Waals surface area (Å²) in [5.74, 6) is 3.57. The summed E-state index contributed by atoms with van der Waals surface area (Å²) in [5, 5.41) is 3.35. The van der Waals surface area contributed by atoms with Crippen LogP contribution in [0.15, 0.2) is 34.7 Å². The van der Waals surface area contributed by atoms with Gasteiger partial charge in [0.25, 0.3) is 0 Å². The van der Waals surface area contributed by atoms with Crippen LogP contribution in [0.1, 0.15) is 17.1 Å². The fourth-order valence-corrected chi connectivity index (χ4v) is 2.17. The molecule has 19 heavy (non-hydrogen) atoms. The highest BCUT2D eigenvalue weighted by Gasteiger charge is 2.15. The molecule has 1 aromatic carbocycles. The summed E-state index contributed by atoms with van der Waals surface area (Å²) in [5.41, 5.74) is 1.11. The molecule has 2 heterocycles. The average molecular weight is 259 g/mol. The molecule has 1 N–H and O–H groups in total. The molecule has 0 aliphatic carbocycles. The zero-order valence-corrected chi connectivity index (χ0v) is 10.9. The van der Waals surface area contributed by atoms with Gasteiger partial charge in [0.2, 0.25) is 0 Å². The highest BCUT2D eigenvalue weighted by Crippen LogP contribution is 2.33. The van der Waals surface area contributed by atoms with E-state index in [1.165, 1.54) is 0 Å². The van der Waals surface area contributed by atoms with Crippen molar-refractivity contribution in [1.29, 1.82) is 0 Å². The first-order valence-electron chi connectivity index (χ1n) is 6.46. The number of fused-ring (bicyclic) bond motifs is 1. The lowest BCUT2D eigenvalue weighted by Gasteiger charge is -2.21. The molecule has 0 radical (unpaired) electrons. The van der Waals surface area contributed by atoms with Crippen LogP contribution in [0, 0.1) is 6.92 Å². The second-order valence-electron chi connectivity index (χ2n) is 4.56. The molecule has 0 atom stereocenters. The topological polar surface area (TPSA) is 43.6 Å². The largest absolute Gasteiger partial charge is 0.486 e. The minimum atomic E-state index is 0.612. The van der Waals surface area contributed by atoms with Crippen molar-refractivity contribution in [2.45, 2.75) is 20.0 Å². The highest BCUT2D eigenvalue weighted by molar-refractivity contribution is 5.47. The Morgan fingerprint density at radius 2 is 1.95 bits per heavy atom. The number of ether oxygens (including phenoxy) is 2. The van der Waals surface area contributed by atoms with Gasteiger partial charge >= 0.3 is 0 Å². The quantitative estimate of drug-likeness (QED) is 0.916. The minimum Gasteiger partial charge on any atom is -0.486 e. The summed E-state index contributed by atoms with van der Waals surface area (Å²) in [6.45, 7) is 4.61. The van der Waals surface area contributed by atoms with E-state index in [-0.39, 0.29) is 0 Å². The van der Waals surface area contributed by atoms with Gasteiger partial charge in [-0.2, -0.15) is 0 Å². The summed E-state index contributed by atoms with van der Waals surface area (Å²) < 4.78 is 16.7. The molecular formula is C15H17NO3. The van der Waals surface area contributed by atoms with E-state index in [0.29, 0.717) is 19.8 Å². The third-order valence-corrected chi connectivity index (χ3v) is 3.06. The van der Waals surface area contributed by atoms with Crippen molar-refractivity contribution in [2.24, 2.45) is 0 Å². The van der Waals surface area contributed by atoms with Gasteiger partial charge in [-0.1, -0.05) is 12.1 Å². The monoisotopic (exact) mass is 259 g/mol. The third kappa shape index (κ3) is 2.74. The maximum atomic E-state index is 5.67. The maximum absolute atomic E-state index is 5.67. The van der Waals surface area contributed by atoms with Crippen molar-refractivity contribution in [3.63, 3.8) is 0 Å². The Morgan fingerprint density at radius 1 is 1.05 bits per heavy atom. The first-order valence-corrected chi connectivity index (χ1v) is 6.46. The predicted octanol–water partition coefficient (Wildman–Crippen LogP) is 2.65. The van der Waals surface area contributed by atoms with E-state index in [1.807, 2.05) is 37.3 Å². The summed E-state index contributed by atoms with van der Waals surface area (Å²) in [6.07, 6.45) is 0. The van der Waals surface area contributed by atoms with E-state index in [0.717, 1.165) is 35.1 Å². The van der Waals surface area contributed by atoms with Gasteiger partial charge in [0.05, 0.1) is 6.54 Å². The molecule has 100 valence electrons. The molecule has 2 aromatic rings. The molecule has 4 nitrogen and oxygen atoms in total. The number of aryl methyl sites for hydroxylation is 1. The summed E-state index contributed by atoms with van der Waals surface area (Å²) in [7, 11) is 0. The van der Waals surface area contributed by atoms with Gasteiger partial charge in [-0.05, 0) is 25.1 Å². The van der Waals surface area contributed by atoms with Gasteiger partial charge in [-0.15, -0.1) is 0 Å². The number of hydrogen-bond donors (Lipinski definition) is 1. The van der Waals surface area contributed by atoms with Crippen LogP contribution in [0.4, 0.5) is 0 Å². The predicted molar refractivity (Wildman–Crippen MR) is 71.4 cm³/mol. The highest BCUT2D eigenvalue weighted by atomic mass is 16.6. The van der Waals surface area contributed by atoms with E-state index in [2.05, 4.69) is 5.32 Å². The van der Waals surface area contributed by atoms with Gasteiger partial charge in [0.1, 0.15) is 24.7 Å². The smallest absolute Gasteiger partial charge is 0.165 e. The van der Waals surface area contributed by atoms with E-state index < -0.39 is 0 Å². The summed E-state index contributed by atoms with van der Waals surface area (Å²) in [6, 6.07) is 9.93. The molecule has 0 amide bonds. The molecular weight excluding hydrogens is 242 g/mol. The van der Waals surface area contributed by atoms with Gasteiger partial charge in [0.15, 0.2) is 11.5 Å². The molecule has 0 spiro atoms. The number of nitrogens with one attached hydrogen (secondary N) is 1. The molecule has 0 saturated heterocycles. The first-order chi connectivity index (χ1) is 9.33. The van der Waals surface area contributed by atoms with E-state index in [1.54, 1.807) is 0 Å². The Labute approximate surface area is 112 Å². The van der Waals surface area contributed by atoms with Crippen LogP contribution in [0.5, 0.6) is 11.5 Å². The molecule has 0 fully saturated rings. The van der Waals surface area contributed by atoms with Crippen LogP contribution in [0.2, 0.25) is 0 Å². The second-order valence-corrected chi connectivity index (χ2v) is 4.56. The Hall–Kier alpha value is -1.94. The van der Waals surface area contributed by atoms with Crippen molar-refractivity contribution >= 4 is 0 Å². The van der Waals surface area contributed by atoms with Gasteiger partial charge in [0, 0.05) is 12.1 Å². The lowest BCUT2D eigenvalue weighted by Crippen LogP contribution is -2.19. The standard InChI is InChI=1S/C15H17NO3/c1-11-5-6-13(19-11)10-16-9-12-3-2-4-14-15(12)18-8-7-17-14/h2-6,16H,7-10H2,1H3. The molecule has 0 unspecified atom stereocenters. The SMILES string of the molecule is Cc1ccc(CNCc2cccc3c2OCCO3)o1. The zero-order valence-electron chi connectivity index (χ0n) is 10.9. The Bertz CT molecular complexity index is 562. The Balaban J connectivity index is 1.64. The fraction of sp³-hybridized carbons (Fsp3) is 0.333. The number of hydrogen-bond acceptors (Lipinski definition) is 4. The zero-order chi connectivity index (χ0) is 13.1. The minimum absolute atomic E-state index is 0.612. The van der Waals surface area contributed by atoms with Gasteiger partial charge < -0.3 is 19.2 Å². The van der Waals surface area contributed by atoms with E-state index in [4.69, 9.17) is 13.9 Å². The van der Waals surface area contributed by atoms with Crippen molar-refractivity contribution < 1.29 is 13.9 Å². The van der Waals surface area contributed by atoms with Crippen molar-refractivity contribution in [2.75, 3.05) is 13.2 Å². The van der Waals surface area contributed by atoms with Crippen LogP contribution in [0.25, 0.3) is 0 Å². The lowest BCUT2D eigenvalue weighted by molar-refractivity contribution is 0.169. The normalized spacial score (nSPS) is 13.5. The lowest BCUT2D eigenvalue weighted by atomic mass is 10.1. The Morgan fingerprint density at radius 3 is 2.79 bits per heavy atom. The third-order valence-electron chi connectivity index (χ3n) is 3.06. The molecule has 4 heteroatoms. The summed E-state index contributed by atoms with van der Waals surface area (Å²) in [4.78, 5) is 0. The second kappa shape index (κ2) is 5.36. The van der Waals surface area contributed by atoms with E-state index in [9.17, 15) is 0 Å². The molecule has 3 rings (SSSR count). The van der Waals surface area contributed by atoms with Crippen LogP contribution < -0.4 is 14.8 Å². The van der Waals surface area contributed by atoms with E-state index >= 15 is 0 Å². The molecule has 1 aromatic heterocycles. The number of furan rings is 1. The van der Waals surface area contributed by atoms with Crippen LogP contribution in [-0.4, -0.2) is 13.2 Å². The van der Waals surface area contributed by atoms with Crippen molar-refractivity contribution in [3.05, 3.63) is 47.4 Å². The Kier molecular flexibility index (Phi) is 3.42. The average Bonchev–Trinajstić information content (AvgIpc) is 2.85.